The summed E-state index contributed by atoms with van der Waals surface area (Å²) in [7, 11) is 0. The molecule has 1 saturated heterocycles. The summed E-state index contributed by atoms with van der Waals surface area (Å²) in [6.07, 6.45) is 3.83. The van der Waals surface area contributed by atoms with Crippen LogP contribution in [0.4, 0.5) is 11.4 Å². The lowest BCUT2D eigenvalue weighted by atomic mass is 9.76. The first-order chi connectivity index (χ1) is 19.6. The van der Waals surface area contributed by atoms with Crippen molar-refractivity contribution in [2.75, 3.05) is 18.0 Å². The topological polar surface area (TPSA) is 64.9 Å². The van der Waals surface area contributed by atoms with E-state index in [1.54, 1.807) is 24.3 Å². The van der Waals surface area contributed by atoms with E-state index < -0.39 is 0 Å². The summed E-state index contributed by atoms with van der Waals surface area (Å²) in [4.78, 5) is 20.8. The van der Waals surface area contributed by atoms with Gasteiger partial charge in [0, 0.05) is 36.2 Å². The molecule has 0 spiro atoms. The number of phenolic OH excluding ortho intramolecular Hbond substituents is 1. The Morgan fingerprint density at radius 2 is 1.40 bits per heavy atom. The average Bonchev–Trinajstić information content (AvgIpc) is 3.33. The molecule has 0 radical (unpaired) electrons. The first kappa shape index (κ1) is 24.7. The minimum Gasteiger partial charge on any atom is -0.507 e. The Bertz CT molecular complexity index is 1580. The van der Waals surface area contributed by atoms with Gasteiger partial charge in [-0.05, 0) is 71.1 Å². The molecule has 0 unspecified atom stereocenters. The van der Waals surface area contributed by atoms with Crippen molar-refractivity contribution in [2.45, 2.75) is 24.7 Å². The minimum atomic E-state index is -0.207. The van der Waals surface area contributed by atoms with Gasteiger partial charge in [0.25, 0.3) is 5.91 Å². The lowest BCUT2D eigenvalue weighted by Crippen LogP contribution is -2.37. The first-order valence-corrected chi connectivity index (χ1v) is 14.6. The van der Waals surface area contributed by atoms with Crippen LogP contribution in [0.15, 0.2) is 107 Å². The van der Waals surface area contributed by atoms with E-state index >= 15 is 0 Å². The molecule has 3 aliphatic rings. The lowest BCUT2D eigenvalue weighted by Gasteiger charge is -2.43. The molecule has 5 nitrogen and oxygen atoms in total. The average molecular weight is 544 g/mol. The van der Waals surface area contributed by atoms with Crippen molar-refractivity contribution >= 4 is 40.3 Å². The molecule has 4 aromatic rings. The van der Waals surface area contributed by atoms with Gasteiger partial charge in [-0.3, -0.25) is 4.79 Å². The monoisotopic (exact) mass is 543 g/mol. The molecule has 6 heteroatoms. The maximum Gasteiger partial charge on any atom is 0.264 e. The molecule has 3 aliphatic heterocycles. The molecule has 0 aromatic heterocycles. The predicted molar refractivity (Wildman–Crippen MR) is 163 cm³/mol. The van der Waals surface area contributed by atoms with E-state index in [9.17, 15) is 9.90 Å². The van der Waals surface area contributed by atoms with Crippen LogP contribution in [0.25, 0.3) is 6.08 Å². The third-order valence-electron chi connectivity index (χ3n) is 8.10. The number of para-hydroxylation sites is 1. The van der Waals surface area contributed by atoms with E-state index in [1.807, 2.05) is 6.07 Å². The number of nitrogens with zero attached hydrogens (tertiary/aromatic N) is 2. The summed E-state index contributed by atoms with van der Waals surface area (Å²) in [5.41, 5.74) is 8.10. The summed E-state index contributed by atoms with van der Waals surface area (Å²) in [5, 5.41) is 13.7. The van der Waals surface area contributed by atoms with Crippen LogP contribution in [-0.2, 0) is 4.79 Å². The van der Waals surface area contributed by atoms with Crippen LogP contribution in [0, 0.1) is 0 Å². The number of amidine groups is 1. The van der Waals surface area contributed by atoms with Crippen molar-refractivity contribution in [1.29, 1.82) is 0 Å². The minimum absolute atomic E-state index is 0.144. The maximum absolute atomic E-state index is 12.8. The Balaban J connectivity index is 1.32. The van der Waals surface area contributed by atoms with Gasteiger partial charge in [0.05, 0.1) is 10.6 Å². The highest BCUT2D eigenvalue weighted by molar-refractivity contribution is 8.18. The molecule has 2 N–H and O–H groups in total. The van der Waals surface area contributed by atoms with E-state index in [-0.39, 0.29) is 11.7 Å². The van der Waals surface area contributed by atoms with Gasteiger partial charge in [-0.1, -0.05) is 78.9 Å². The summed E-state index contributed by atoms with van der Waals surface area (Å²) in [5.74, 6) is 0.527. The number of hydrogen-bond donors (Lipinski definition) is 2. The molecule has 7 rings (SSSR count). The van der Waals surface area contributed by atoms with Crippen LogP contribution in [0.1, 0.15) is 52.5 Å². The van der Waals surface area contributed by atoms with Crippen LogP contribution >= 0.6 is 11.8 Å². The van der Waals surface area contributed by atoms with E-state index in [2.05, 4.69) is 83.0 Å². The summed E-state index contributed by atoms with van der Waals surface area (Å²) in [6.45, 7) is 2.09. The van der Waals surface area contributed by atoms with Gasteiger partial charge in [0.1, 0.15) is 5.75 Å². The van der Waals surface area contributed by atoms with Gasteiger partial charge < -0.3 is 15.3 Å². The zero-order valence-electron chi connectivity index (χ0n) is 22.0. The van der Waals surface area contributed by atoms with E-state index in [0.29, 0.717) is 27.5 Å². The molecule has 3 heterocycles. The second-order valence-electron chi connectivity index (χ2n) is 10.5. The zero-order chi connectivity index (χ0) is 27.1. The molecule has 198 valence electrons. The van der Waals surface area contributed by atoms with Crippen LogP contribution in [0.2, 0.25) is 0 Å². The molecule has 0 aliphatic carbocycles. The smallest absolute Gasteiger partial charge is 0.264 e. The number of aromatic hydroxyl groups is 1. The number of carbonyl (C=O) groups excluding carboxylic acids is 1. The van der Waals surface area contributed by atoms with Crippen molar-refractivity contribution in [3.05, 3.63) is 130 Å². The number of phenols is 1. The highest BCUT2D eigenvalue weighted by Crippen LogP contribution is 2.50. The lowest BCUT2D eigenvalue weighted by molar-refractivity contribution is -0.115. The third kappa shape index (κ3) is 4.58. The molecular formula is C34H29N3O2S. The Morgan fingerprint density at radius 1 is 0.825 bits per heavy atom. The fourth-order valence-electron chi connectivity index (χ4n) is 6.25. The molecule has 4 aromatic carbocycles. The number of aliphatic imine (C=N–C) groups is 1. The molecular weight excluding hydrogens is 514 g/mol. The van der Waals surface area contributed by atoms with E-state index in [0.717, 1.165) is 31.6 Å². The molecule has 40 heavy (non-hydrogen) atoms. The number of rotatable bonds is 4. The van der Waals surface area contributed by atoms with Gasteiger partial charge in [0.15, 0.2) is 5.17 Å². The first-order valence-electron chi connectivity index (χ1n) is 13.7. The number of carbonyl (C=O) groups is 1. The normalized spacial score (nSPS) is 21.9. The fraction of sp³-hybridized carbons (Fsp3) is 0.176. The van der Waals surface area contributed by atoms with E-state index in [1.165, 1.54) is 39.7 Å². The third-order valence-corrected chi connectivity index (χ3v) is 9.01. The van der Waals surface area contributed by atoms with Crippen molar-refractivity contribution in [3.8, 4) is 5.75 Å². The molecule has 2 atom stereocenters. The molecule has 0 bridgehead atoms. The predicted octanol–water partition coefficient (Wildman–Crippen LogP) is 7.16. The van der Waals surface area contributed by atoms with Crippen molar-refractivity contribution < 1.29 is 9.90 Å². The summed E-state index contributed by atoms with van der Waals surface area (Å²) in [6, 6.07) is 33.0. The SMILES string of the molecule is O=C1NC(=Nc2cc3c4c(c2)[C@H](c2ccccc2)CCN4CC[C@H]3c2ccccc2)S/C1=C\c1ccccc1O. The van der Waals surface area contributed by atoms with Crippen LogP contribution in [0.5, 0.6) is 5.75 Å². The van der Waals surface area contributed by atoms with Gasteiger partial charge in [-0.15, -0.1) is 0 Å². The van der Waals surface area contributed by atoms with Crippen molar-refractivity contribution in [3.63, 3.8) is 0 Å². The Labute approximate surface area is 238 Å². The number of hydrogen-bond acceptors (Lipinski definition) is 5. The maximum atomic E-state index is 12.8. The van der Waals surface area contributed by atoms with Gasteiger partial charge >= 0.3 is 0 Å². The van der Waals surface area contributed by atoms with Gasteiger partial charge in [-0.2, -0.15) is 0 Å². The molecule has 1 fully saturated rings. The number of thioether (sulfide) groups is 1. The zero-order valence-corrected chi connectivity index (χ0v) is 22.8. The standard InChI is InChI=1S/C34H29N3O2S/c38-30-14-8-7-13-24(30)19-31-33(39)36-34(40-31)35-25-20-28-26(22-9-3-1-4-10-22)15-17-37-18-16-27(29(21-25)32(28)37)23-11-5-2-6-12-23/h1-14,19-21,26-27,38H,15-18H2,(H,35,36,39)/b31-19-/t26-,27-/m0/s1. The Kier molecular flexibility index (Phi) is 6.40. The molecule has 0 saturated carbocycles. The number of anilines is 1. The van der Waals surface area contributed by atoms with Gasteiger partial charge in [-0.25, -0.2) is 4.99 Å². The highest BCUT2D eigenvalue weighted by atomic mass is 32.2. The summed E-state index contributed by atoms with van der Waals surface area (Å²) >= 11 is 1.31. The number of benzene rings is 4. The van der Waals surface area contributed by atoms with Gasteiger partial charge in [0.2, 0.25) is 0 Å². The van der Waals surface area contributed by atoms with Crippen LogP contribution in [-0.4, -0.2) is 29.3 Å². The number of amides is 1. The largest absolute Gasteiger partial charge is 0.507 e. The van der Waals surface area contributed by atoms with Crippen molar-refractivity contribution in [1.82, 2.24) is 5.32 Å². The number of nitrogens with one attached hydrogen (secondary N) is 1. The summed E-state index contributed by atoms with van der Waals surface area (Å²) < 4.78 is 0. The highest BCUT2D eigenvalue weighted by Gasteiger charge is 2.35. The van der Waals surface area contributed by atoms with Crippen LogP contribution in [0.3, 0.4) is 0 Å². The second-order valence-corrected chi connectivity index (χ2v) is 11.5. The van der Waals surface area contributed by atoms with Crippen LogP contribution < -0.4 is 10.2 Å². The van der Waals surface area contributed by atoms with Crippen molar-refractivity contribution in [2.24, 2.45) is 4.99 Å². The fourth-order valence-corrected chi connectivity index (χ4v) is 7.09. The molecule has 1 amide bonds. The second kappa shape index (κ2) is 10.4. The Hall–Kier alpha value is -4.29. The quantitative estimate of drug-likeness (QED) is 0.268. The Morgan fingerprint density at radius 3 is 2.00 bits per heavy atom. The van der Waals surface area contributed by atoms with E-state index in [4.69, 9.17) is 4.99 Å².